The molecule has 0 saturated carbocycles. The highest BCUT2D eigenvalue weighted by molar-refractivity contribution is 5.94. The average molecular weight is 530 g/mol. The smallest absolute Gasteiger partial charge is 0.255 e. The molecule has 1 unspecified atom stereocenters. The molecule has 3 aromatic rings. The Balaban J connectivity index is 1.18. The molecule has 3 aliphatic rings. The third-order valence-corrected chi connectivity index (χ3v) is 7.23. The predicted octanol–water partition coefficient (Wildman–Crippen LogP) is 1.77. The SMILES string of the molecule is O=C(Cc1cccc(N2C=C(Nc3ccc(C(=O)N4CCOCC4)cn3)c3nccn3C2)c1)N1CCC(O)C1. The number of nitrogens with one attached hydrogen (secondary N) is 1. The van der Waals surface area contributed by atoms with Gasteiger partial charge in [0.2, 0.25) is 5.91 Å². The minimum absolute atomic E-state index is 0.0266. The number of imidazole rings is 1. The summed E-state index contributed by atoms with van der Waals surface area (Å²) in [5.74, 6) is 1.36. The molecule has 2 aromatic heterocycles. The molecule has 0 radical (unpaired) electrons. The number of carbonyl (C=O) groups excluding carboxylic acids is 2. The summed E-state index contributed by atoms with van der Waals surface area (Å²) >= 11 is 0. The molecule has 1 aromatic carbocycles. The van der Waals surface area contributed by atoms with E-state index in [-0.39, 0.29) is 11.8 Å². The Labute approximate surface area is 226 Å². The molecule has 3 aliphatic heterocycles. The second-order valence-corrected chi connectivity index (χ2v) is 9.97. The highest BCUT2D eigenvalue weighted by Crippen LogP contribution is 2.27. The number of β-amino-alcohol motifs (C(OH)–C–C–N with tert-alkyl or cyclic N) is 1. The standard InChI is InChI=1S/C28H31N7O4/c36-23-6-8-33(17-23)26(37)15-20-2-1-3-22(14-20)35-18-24(27-29-7-9-34(27)19-35)31-25-5-4-21(16-30-25)28(38)32-10-12-39-13-11-32/h1-5,7,9,14,16,18,23,36H,6,8,10-13,15,17,19H2,(H,30,31). The highest BCUT2D eigenvalue weighted by atomic mass is 16.5. The van der Waals surface area contributed by atoms with Crippen LogP contribution in [0, 0.1) is 0 Å². The van der Waals surface area contributed by atoms with Crippen molar-refractivity contribution in [3.63, 3.8) is 0 Å². The molecule has 2 amide bonds. The summed E-state index contributed by atoms with van der Waals surface area (Å²) in [6.45, 7) is 3.85. The number of aliphatic hydroxyl groups is 1. The molecule has 2 N–H and O–H groups in total. The van der Waals surface area contributed by atoms with Crippen LogP contribution in [0.3, 0.4) is 0 Å². The number of anilines is 2. The Morgan fingerprint density at radius 2 is 1.95 bits per heavy atom. The van der Waals surface area contributed by atoms with Crippen LogP contribution in [0.4, 0.5) is 11.5 Å². The molecule has 1 atom stereocenters. The van der Waals surface area contributed by atoms with Gasteiger partial charge in [0.1, 0.15) is 12.5 Å². The van der Waals surface area contributed by atoms with Gasteiger partial charge in [0, 0.05) is 56.7 Å². The van der Waals surface area contributed by atoms with E-state index in [1.165, 1.54) is 0 Å². The number of aliphatic hydroxyl groups excluding tert-OH is 1. The van der Waals surface area contributed by atoms with Gasteiger partial charge in [0.05, 0.1) is 37.0 Å². The molecule has 11 heteroatoms. The van der Waals surface area contributed by atoms with Crippen LogP contribution in [0.1, 0.15) is 28.2 Å². The van der Waals surface area contributed by atoms with E-state index >= 15 is 0 Å². The van der Waals surface area contributed by atoms with Gasteiger partial charge < -0.3 is 34.4 Å². The molecule has 5 heterocycles. The Morgan fingerprint density at radius 1 is 1.08 bits per heavy atom. The van der Waals surface area contributed by atoms with E-state index in [0.29, 0.717) is 70.3 Å². The van der Waals surface area contributed by atoms with Crippen molar-refractivity contribution >= 4 is 29.0 Å². The van der Waals surface area contributed by atoms with E-state index in [4.69, 9.17) is 4.74 Å². The molecule has 2 saturated heterocycles. The zero-order chi connectivity index (χ0) is 26.8. The lowest BCUT2D eigenvalue weighted by atomic mass is 10.1. The zero-order valence-electron chi connectivity index (χ0n) is 21.6. The molecule has 0 spiro atoms. The number of amides is 2. The van der Waals surface area contributed by atoms with E-state index in [1.54, 1.807) is 34.3 Å². The fourth-order valence-electron chi connectivity index (χ4n) is 5.11. The maximum atomic E-state index is 12.8. The number of benzene rings is 1. The molecular formula is C28H31N7O4. The maximum Gasteiger partial charge on any atom is 0.255 e. The number of fused-ring (bicyclic) bond motifs is 1. The van der Waals surface area contributed by atoms with Crippen molar-refractivity contribution in [3.8, 4) is 0 Å². The van der Waals surface area contributed by atoms with E-state index in [1.807, 2.05) is 41.2 Å². The second-order valence-electron chi connectivity index (χ2n) is 9.97. The second kappa shape index (κ2) is 10.9. The van der Waals surface area contributed by atoms with Gasteiger partial charge in [0.15, 0.2) is 5.82 Å². The molecule has 202 valence electrons. The van der Waals surface area contributed by atoms with Gasteiger partial charge in [-0.3, -0.25) is 9.59 Å². The molecule has 2 fully saturated rings. The molecule has 0 bridgehead atoms. The fourth-order valence-corrected chi connectivity index (χ4v) is 5.11. The quantitative estimate of drug-likeness (QED) is 0.497. The van der Waals surface area contributed by atoms with Crippen molar-refractivity contribution in [3.05, 3.63) is 78.1 Å². The molecule has 0 aliphatic carbocycles. The van der Waals surface area contributed by atoms with Crippen molar-refractivity contribution in [1.29, 1.82) is 0 Å². The van der Waals surface area contributed by atoms with E-state index in [2.05, 4.69) is 20.2 Å². The Bertz CT molecular complexity index is 1380. The lowest BCUT2D eigenvalue weighted by molar-refractivity contribution is -0.129. The van der Waals surface area contributed by atoms with Gasteiger partial charge in [-0.15, -0.1) is 0 Å². The number of pyridine rings is 1. The number of nitrogens with zero attached hydrogens (tertiary/aromatic N) is 6. The summed E-state index contributed by atoms with van der Waals surface area (Å²) in [6.07, 6.45) is 7.74. The number of carbonyl (C=O) groups is 2. The van der Waals surface area contributed by atoms with E-state index in [0.717, 1.165) is 22.8 Å². The topological polar surface area (TPSA) is 116 Å². The summed E-state index contributed by atoms with van der Waals surface area (Å²) in [7, 11) is 0. The largest absolute Gasteiger partial charge is 0.391 e. The number of hydrogen-bond acceptors (Lipinski definition) is 8. The molecule has 39 heavy (non-hydrogen) atoms. The number of hydrogen-bond donors (Lipinski definition) is 2. The number of ether oxygens (including phenoxy) is 1. The fraction of sp³-hybridized carbons (Fsp3) is 0.357. The van der Waals surface area contributed by atoms with Gasteiger partial charge in [-0.2, -0.15) is 0 Å². The van der Waals surface area contributed by atoms with Crippen molar-refractivity contribution in [2.24, 2.45) is 0 Å². The highest BCUT2D eigenvalue weighted by Gasteiger charge is 2.25. The predicted molar refractivity (Wildman–Crippen MR) is 145 cm³/mol. The van der Waals surface area contributed by atoms with Crippen LogP contribution in [-0.2, 0) is 22.6 Å². The lowest BCUT2D eigenvalue weighted by Gasteiger charge is -2.29. The monoisotopic (exact) mass is 529 g/mol. The third-order valence-electron chi connectivity index (χ3n) is 7.23. The lowest BCUT2D eigenvalue weighted by Crippen LogP contribution is -2.40. The first-order chi connectivity index (χ1) is 19.0. The van der Waals surface area contributed by atoms with E-state index in [9.17, 15) is 14.7 Å². The minimum Gasteiger partial charge on any atom is -0.391 e. The van der Waals surface area contributed by atoms with Crippen molar-refractivity contribution in [1.82, 2.24) is 24.3 Å². The van der Waals surface area contributed by atoms with E-state index < -0.39 is 6.10 Å². The van der Waals surface area contributed by atoms with Gasteiger partial charge >= 0.3 is 0 Å². The van der Waals surface area contributed by atoms with Crippen molar-refractivity contribution in [2.45, 2.75) is 25.6 Å². The van der Waals surface area contributed by atoms with Gasteiger partial charge in [0.25, 0.3) is 5.91 Å². The van der Waals surface area contributed by atoms with Crippen molar-refractivity contribution in [2.75, 3.05) is 49.6 Å². The summed E-state index contributed by atoms with van der Waals surface area (Å²) in [5, 5.41) is 13.1. The Morgan fingerprint density at radius 3 is 2.72 bits per heavy atom. The molecule has 11 nitrogen and oxygen atoms in total. The number of rotatable bonds is 6. The van der Waals surface area contributed by atoms with Gasteiger partial charge in [-0.05, 0) is 36.2 Å². The number of morpholine rings is 1. The van der Waals surface area contributed by atoms with Crippen LogP contribution in [0.25, 0.3) is 5.70 Å². The normalized spacial score (nSPS) is 19.1. The molecule has 6 rings (SSSR count). The first-order valence-electron chi connectivity index (χ1n) is 13.2. The van der Waals surface area contributed by atoms with Crippen LogP contribution in [0.2, 0.25) is 0 Å². The number of aromatic nitrogens is 3. The Hall–Kier alpha value is -4.22. The summed E-state index contributed by atoms with van der Waals surface area (Å²) in [5.41, 5.74) is 3.16. The average Bonchev–Trinajstić information content (AvgIpc) is 3.63. The summed E-state index contributed by atoms with van der Waals surface area (Å²) in [4.78, 5) is 40.1. The first kappa shape index (κ1) is 25.1. The van der Waals surface area contributed by atoms with Crippen LogP contribution >= 0.6 is 0 Å². The Kier molecular flexibility index (Phi) is 6.99. The van der Waals surface area contributed by atoms with Crippen LogP contribution in [-0.4, -0.2) is 86.8 Å². The van der Waals surface area contributed by atoms with Crippen LogP contribution in [0.5, 0.6) is 0 Å². The zero-order valence-corrected chi connectivity index (χ0v) is 21.6. The van der Waals surface area contributed by atoms with Gasteiger partial charge in [-0.1, -0.05) is 12.1 Å². The third kappa shape index (κ3) is 5.50. The van der Waals surface area contributed by atoms with Gasteiger partial charge in [-0.25, -0.2) is 9.97 Å². The first-order valence-corrected chi connectivity index (χ1v) is 13.2. The van der Waals surface area contributed by atoms with Crippen LogP contribution < -0.4 is 10.2 Å². The summed E-state index contributed by atoms with van der Waals surface area (Å²) in [6, 6.07) is 11.5. The maximum absolute atomic E-state index is 12.8. The minimum atomic E-state index is -0.426. The summed E-state index contributed by atoms with van der Waals surface area (Å²) < 4.78 is 7.37. The number of likely N-dealkylation sites (tertiary alicyclic amines) is 1. The van der Waals surface area contributed by atoms with Crippen LogP contribution in [0.15, 0.2) is 61.2 Å². The molecular weight excluding hydrogens is 498 g/mol. The van der Waals surface area contributed by atoms with Crippen molar-refractivity contribution < 1.29 is 19.4 Å².